The van der Waals surface area contributed by atoms with Crippen molar-refractivity contribution >= 4 is 166 Å². The zero-order chi connectivity index (χ0) is 57.6. The maximum absolute atomic E-state index is 12.8. The molecule has 6 bridgehead atoms. The fourth-order valence-electron chi connectivity index (χ4n) is 11.0. The van der Waals surface area contributed by atoms with Crippen LogP contribution in [0, 0.1) is 0 Å². The van der Waals surface area contributed by atoms with Crippen molar-refractivity contribution in [3.05, 3.63) is 185 Å². The number of benzene rings is 9. The number of nitrogens with zero attached hydrogens (tertiary/aromatic N) is 9. The van der Waals surface area contributed by atoms with Gasteiger partial charge in [0.1, 0.15) is 5.69 Å². The molecule has 4 aliphatic heterocycles. The van der Waals surface area contributed by atoms with Crippen molar-refractivity contribution in [2.75, 3.05) is 21.1 Å². The molecule has 0 unspecified atom stereocenters. The Morgan fingerprint density at radius 2 is 0.845 bits per heavy atom. The second-order valence-corrected chi connectivity index (χ2v) is 28.0. The summed E-state index contributed by atoms with van der Waals surface area (Å²) >= 11 is -1.74. The number of aliphatic imine (C=N–C) groups is 4. The first-order valence-corrected chi connectivity index (χ1v) is 32.1. The van der Waals surface area contributed by atoms with Crippen LogP contribution in [0.4, 0.5) is 17.3 Å². The van der Waals surface area contributed by atoms with Crippen LogP contribution in [0.5, 0.6) is 0 Å². The summed E-state index contributed by atoms with van der Waals surface area (Å²) in [6, 6.07) is 42.1. The molecule has 0 spiro atoms. The molecule has 84 heavy (non-hydrogen) atoms. The molecule has 0 saturated carbocycles. The van der Waals surface area contributed by atoms with E-state index in [1.54, 1.807) is 60.7 Å². The van der Waals surface area contributed by atoms with E-state index in [0.29, 0.717) is 93.2 Å². The summed E-state index contributed by atoms with van der Waals surface area (Å²) in [5.41, 5.74) is 3.62. The van der Waals surface area contributed by atoms with Gasteiger partial charge in [0.25, 0.3) is 0 Å². The van der Waals surface area contributed by atoms with E-state index in [4.69, 9.17) is 34.3 Å². The summed E-state index contributed by atoms with van der Waals surface area (Å²) in [5, 5.41) is 19.1. The zero-order valence-corrected chi connectivity index (χ0v) is 49.3. The van der Waals surface area contributed by atoms with Crippen LogP contribution in [-0.2, 0) is 39.7 Å². The Morgan fingerprint density at radius 3 is 1.33 bits per heavy atom. The molecular formula is C57H36GaN9O13S4-3. The monoisotopic (exact) mass is 1250 g/mol. The molecule has 11 aromatic rings. The molecule has 417 valence electrons. The van der Waals surface area contributed by atoms with Crippen LogP contribution in [0.25, 0.3) is 64.6 Å². The number of amidine groups is 4. The summed E-state index contributed by atoms with van der Waals surface area (Å²) in [7, 11) is -8.54. The third-order valence-corrected chi connectivity index (χ3v) is 21.1. The number of aromatic nitrogens is 2. The van der Waals surface area contributed by atoms with Crippen molar-refractivity contribution in [2.24, 2.45) is 30.0 Å². The Kier molecular flexibility index (Phi) is 13.0. The van der Waals surface area contributed by atoms with Crippen molar-refractivity contribution in [1.29, 1.82) is 0 Å². The topological polar surface area (TPSA) is 329 Å². The van der Waals surface area contributed by atoms with Crippen LogP contribution in [0.3, 0.4) is 0 Å². The molecule has 4 aliphatic rings. The molecule has 0 amide bonds. The number of para-hydroxylation sites is 1. The zero-order valence-electron chi connectivity index (χ0n) is 43.6. The van der Waals surface area contributed by atoms with Crippen molar-refractivity contribution < 1.29 is 59.0 Å². The first-order chi connectivity index (χ1) is 39.6. The van der Waals surface area contributed by atoms with Gasteiger partial charge in [0.05, 0.1) is 21.1 Å². The third-order valence-electron chi connectivity index (χ3n) is 14.7. The Hall–Kier alpha value is -8.10. The second kappa shape index (κ2) is 19.8. The van der Waals surface area contributed by atoms with Gasteiger partial charge >= 0.3 is 424 Å². The number of rotatable bonds is 7. The number of fused-ring (bicyclic) bond motifs is 18. The normalized spacial score (nSPS) is 14.3. The molecule has 6 heterocycles. The molecule has 0 aliphatic carbocycles. The van der Waals surface area contributed by atoms with Crippen LogP contribution in [-0.4, -0.2) is 113 Å². The molecule has 0 atom stereocenters. The molecule has 9 aromatic carbocycles. The van der Waals surface area contributed by atoms with Crippen LogP contribution in [0.1, 0.15) is 22.3 Å². The number of quaternary nitrogens is 1. The Labute approximate surface area is 487 Å². The van der Waals surface area contributed by atoms with Gasteiger partial charge in [0.2, 0.25) is 0 Å². The van der Waals surface area contributed by atoms with E-state index in [-0.39, 0.29) is 62.1 Å². The molecule has 1 radical (unpaired) electrons. The van der Waals surface area contributed by atoms with Gasteiger partial charge in [-0.2, -0.15) is 0 Å². The fraction of sp³-hybridized carbons (Fsp3) is 0.0526. The van der Waals surface area contributed by atoms with Crippen LogP contribution >= 0.6 is 12.0 Å². The quantitative estimate of drug-likeness (QED) is 0.0436. The summed E-state index contributed by atoms with van der Waals surface area (Å²) in [6.45, 7) is 0. The molecule has 22 nitrogen and oxygen atoms in total. The first-order valence-electron chi connectivity index (χ1n) is 25.0. The molecule has 15 rings (SSSR count). The van der Waals surface area contributed by atoms with Gasteiger partial charge in [-0.25, -0.2) is 0 Å². The maximum atomic E-state index is 12.8. The number of hydrogen-bond donors (Lipinski definition) is 0. The van der Waals surface area contributed by atoms with Gasteiger partial charge < -0.3 is 5.48 Å². The summed E-state index contributed by atoms with van der Waals surface area (Å²) in [4.78, 5) is 30.2. The van der Waals surface area contributed by atoms with Crippen LogP contribution < -0.4 is 20.7 Å². The Balaban J connectivity index is 0.000000545. The molecular weight excluding hydrogens is 1220 g/mol. The standard InChI is InChI=1S/C48H24N8O12S4.C9H14N.Ga.H2O/c57-67-68-69-37-9-1-5-21-13-29-33(17-25(21)37)45-49-41(29)51-46-35-19-27-23(7-3-11-39(27)71(61,62)63)15-31(35)43(53-46)55-48-36-20-28-24(8-4-12-40(28)72(64,65)66)16-32(36)44(56-48)54-47-34-18-26-22(14-30(34)42(50-45)52-47)6-2-10-38(26)70(58,59)60;1-10(2,3)9-7-5-4-6-8-9;;/h1-20H,(H4-2,49,50,51,52,53,54,55,56,57,58,59,60,61,62,63,64,65,66);4-8H,1-3H3;;1H2/q-2;+1;+2;/p-4. The molecule has 2 N–H and O–H groups in total. The minimum absolute atomic E-state index is 0. The second-order valence-electron chi connectivity index (χ2n) is 20.5. The average molecular weight is 1250 g/mol. The summed E-state index contributed by atoms with van der Waals surface area (Å²) < 4.78 is 124. The van der Waals surface area contributed by atoms with Crippen molar-refractivity contribution in [2.45, 2.75) is 19.6 Å². The van der Waals surface area contributed by atoms with Gasteiger partial charge in [-0.15, -0.1) is 0 Å². The predicted octanol–water partition coefficient (Wildman–Crippen LogP) is 6.08. The Morgan fingerprint density at radius 1 is 0.440 bits per heavy atom. The van der Waals surface area contributed by atoms with Crippen LogP contribution in [0.2, 0.25) is 0 Å². The first kappa shape index (κ1) is 55.1. The molecule has 27 heteroatoms. The minimum atomic E-state index is -5.02. The Bertz CT molecular complexity index is 5430. The van der Waals surface area contributed by atoms with Crippen molar-refractivity contribution in [1.82, 2.24) is 11.0 Å². The SMILES string of the molecule is C[N+](C)(C)c1ccccc1.O.O=S(=O)([O-])c1cccc2cc3c(cc12)C1=Nc2c4cc5cccc(S(=O)(=O)[O-])c5cc4c4[n]2[Ga][n]2c(c5cc6cccc(S(=O)(=O)[O-])c6cc5c2=NC3=N1)=NC1=NC(=N4)c2cc3cccc(SOO[O-])c3cc21. The van der Waals surface area contributed by atoms with Gasteiger partial charge in [0.15, 0.2) is 0 Å². The summed E-state index contributed by atoms with van der Waals surface area (Å²) in [5.74, 6) is 1.07. The number of hydrogen-bond acceptors (Lipinski definition) is 19. The van der Waals surface area contributed by atoms with Crippen LogP contribution in [0.15, 0.2) is 201 Å². The van der Waals surface area contributed by atoms with E-state index in [0.717, 1.165) is 4.48 Å². The van der Waals surface area contributed by atoms with Gasteiger partial charge in [-0.1, -0.05) is 18.2 Å². The van der Waals surface area contributed by atoms with Gasteiger partial charge in [-0.05, 0) is 12.1 Å². The van der Waals surface area contributed by atoms with E-state index in [9.17, 15) is 44.2 Å². The van der Waals surface area contributed by atoms with E-state index >= 15 is 0 Å². The van der Waals surface area contributed by atoms with Crippen molar-refractivity contribution in [3.63, 3.8) is 0 Å². The molecule has 2 aromatic heterocycles. The third kappa shape index (κ3) is 9.09. The molecule has 0 fully saturated rings. The van der Waals surface area contributed by atoms with Gasteiger partial charge in [0, 0.05) is 0 Å². The van der Waals surface area contributed by atoms with E-state index in [1.165, 1.54) is 48.2 Å². The van der Waals surface area contributed by atoms with Gasteiger partial charge in [-0.3, -0.25) is 4.48 Å². The van der Waals surface area contributed by atoms with E-state index in [1.807, 2.05) is 30.8 Å². The van der Waals surface area contributed by atoms with E-state index < -0.39 is 62.9 Å². The molecule has 0 saturated heterocycles. The summed E-state index contributed by atoms with van der Waals surface area (Å²) in [6.07, 6.45) is 0. The fourth-order valence-corrected chi connectivity index (χ4v) is 16.6. The average Bonchev–Trinajstić information content (AvgIpc) is 3.57. The van der Waals surface area contributed by atoms with Crippen molar-refractivity contribution in [3.8, 4) is 0 Å². The predicted molar refractivity (Wildman–Crippen MR) is 313 cm³/mol. The van der Waals surface area contributed by atoms with E-state index in [2.05, 4.69) is 50.4 Å².